The van der Waals surface area contributed by atoms with E-state index in [1.165, 1.54) is 12.8 Å². The Morgan fingerprint density at radius 2 is 1.89 bits per heavy atom. The average molecular weight is 269 g/mol. The molecule has 0 aromatic carbocycles. The third kappa shape index (κ3) is 5.13. The molecule has 0 aliphatic heterocycles. The van der Waals surface area contributed by atoms with Crippen LogP contribution in [0, 0.1) is 17.3 Å². The van der Waals surface area contributed by atoms with Crippen LogP contribution >= 0.6 is 0 Å². The Morgan fingerprint density at radius 3 is 2.42 bits per heavy atom. The lowest BCUT2D eigenvalue weighted by Crippen LogP contribution is -2.40. The van der Waals surface area contributed by atoms with E-state index in [0.717, 1.165) is 38.6 Å². The van der Waals surface area contributed by atoms with Crippen LogP contribution in [0.4, 0.5) is 0 Å². The van der Waals surface area contributed by atoms with Crippen molar-refractivity contribution in [2.75, 3.05) is 13.2 Å². The molecule has 0 aromatic rings. The maximum absolute atomic E-state index is 12.5. The van der Waals surface area contributed by atoms with Gasteiger partial charge >= 0.3 is 0 Å². The molecule has 1 atom stereocenters. The Morgan fingerprint density at radius 1 is 1.26 bits per heavy atom. The van der Waals surface area contributed by atoms with Crippen molar-refractivity contribution in [1.82, 2.24) is 5.32 Å². The summed E-state index contributed by atoms with van der Waals surface area (Å²) in [6, 6.07) is 0. The molecule has 2 N–H and O–H groups in total. The lowest BCUT2D eigenvalue weighted by atomic mass is 9.77. The Bertz CT molecular complexity index is 270. The van der Waals surface area contributed by atoms with E-state index in [1.54, 1.807) is 0 Å². The Kier molecular flexibility index (Phi) is 6.84. The van der Waals surface area contributed by atoms with Gasteiger partial charge in [0.15, 0.2) is 0 Å². The standard InChI is InChI=1S/C16H31NO2/c1-13(2)11-16(8-4-5-9-16)15(19)17-10-6-7-14(3)12-18/h13-14,18H,4-12H2,1-3H3,(H,17,19). The molecular weight excluding hydrogens is 238 g/mol. The number of hydrogen-bond donors (Lipinski definition) is 2. The van der Waals surface area contributed by atoms with Crippen molar-refractivity contribution in [2.45, 2.75) is 65.7 Å². The largest absolute Gasteiger partial charge is 0.396 e. The topological polar surface area (TPSA) is 49.3 Å². The number of aliphatic hydroxyl groups excluding tert-OH is 1. The molecule has 0 spiro atoms. The smallest absolute Gasteiger partial charge is 0.226 e. The van der Waals surface area contributed by atoms with Crippen LogP contribution in [0.3, 0.4) is 0 Å². The summed E-state index contributed by atoms with van der Waals surface area (Å²) >= 11 is 0. The van der Waals surface area contributed by atoms with E-state index in [4.69, 9.17) is 5.11 Å². The molecule has 1 fully saturated rings. The summed E-state index contributed by atoms with van der Waals surface area (Å²) in [7, 11) is 0. The molecular formula is C16H31NO2. The summed E-state index contributed by atoms with van der Waals surface area (Å²) in [5.41, 5.74) is -0.0865. The number of rotatable bonds is 8. The molecule has 1 amide bonds. The normalized spacial score (nSPS) is 19.6. The zero-order chi connectivity index (χ0) is 14.3. The molecule has 0 bridgehead atoms. The van der Waals surface area contributed by atoms with Gasteiger partial charge in [0.05, 0.1) is 0 Å². The molecule has 0 saturated heterocycles. The summed E-state index contributed by atoms with van der Waals surface area (Å²) < 4.78 is 0. The average Bonchev–Trinajstić information content (AvgIpc) is 2.82. The lowest BCUT2D eigenvalue weighted by Gasteiger charge is -2.29. The fraction of sp³-hybridized carbons (Fsp3) is 0.938. The van der Waals surface area contributed by atoms with Gasteiger partial charge in [0.25, 0.3) is 0 Å². The van der Waals surface area contributed by atoms with Crippen molar-refractivity contribution in [3.63, 3.8) is 0 Å². The van der Waals surface area contributed by atoms with Gasteiger partial charge in [-0.3, -0.25) is 4.79 Å². The molecule has 0 heterocycles. The molecule has 0 radical (unpaired) electrons. The Balaban J connectivity index is 2.37. The Hall–Kier alpha value is -0.570. The highest BCUT2D eigenvalue weighted by atomic mass is 16.3. The van der Waals surface area contributed by atoms with E-state index in [0.29, 0.717) is 11.8 Å². The lowest BCUT2D eigenvalue weighted by molar-refractivity contribution is -0.131. The summed E-state index contributed by atoms with van der Waals surface area (Å²) in [5, 5.41) is 12.1. The first-order chi connectivity index (χ1) is 9.00. The van der Waals surface area contributed by atoms with E-state index in [1.807, 2.05) is 6.92 Å². The van der Waals surface area contributed by atoms with E-state index in [2.05, 4.69) is 19.2 Å². The van der Waals surface area contributed by atoms with E-state index < -0.39 is 0 Å². The van der Waals surface area contributed by atoms with Gasteiger partial charge in [0.2, 0.25) is 5.91 Å². The predicted molar refractivity (Wildman–Crippen MR) is 78.8 cm³/mol. The van der Waals surface area contributed by atoms with Crippen LogP contribution in [0.2, 0.25) is 0 Å². The maximum Gasteiger partial charge on any atom is 0.226 e. The van der Waals surface area contributed by atoms with Gasteiger partial charge < -0.3 is 10.4 Å². The van der Waals surface area contributed by atoms with Crippen molar-refractivity contribution < 1.29 is 9.90 Å². The highest BCUT2D eigenvalue weighted by Gasteiger charge is 2.40. The molecule has 1 rings (SSSR count). The summed E-state index contributed by atoms with van der Waals surface area (Å²) in [4.78, 5) is 12.5. The highest BCUT2D eigenvalue weighted by Crippen LogP contribution is 2.43. The molecule has 1 saturated carbocycles. The van der Waals surface area contributed by atoms with Crippen LogP contribution in [0.5, 0.6) is 0 Å². The second-order valence-electron chi connectivity index (χ2n) is 6.77. The van der Waals surface area contributed by atoms with E-state index in [9.17, 15) is 4.79 Å². The fourth-order valence-electron chi connectivity index (χ4n) is 3.29. The van der Waals surface area contributed by atoms with Crippen LogP contribution < -0.4 is 5.32 Å². The van der Waals surface area contributed by atoms with Crippen molar-refractivity contribution in [3.8, 4) is 0 Å². The predicted octanol–water partition coefficient (Wildman–Crippen LogP) is 3.12. The quantitative estimate of drug-likeness (QED) is 0.665. The van der Waals surface area contributed by atoms with Crippen LogP contribution in [-0.2, 0) is 4.79 Å². The van der Waals surface area contributed by atoms with Crippen molar-refractivity contribution in [3.05, 3.63) is 0 Å². The number of aliphatic hydroxyl groups is 1. The highest BCUT2D eigenvalue weighted by molar-refractivity contribution is 5.82. The zero-order valence-corrected chi connectivity index (χ0v) is 12.9. The minimum Gasteiger partial charge on any atom is -0.396 e. The van der Waals surface area contributed by atoms with Gasteiger partial charge in [0, 0.05) is 18.6 Å². The number of amides is 1. The number of nitrogens with one attached hydrogen (secondary N) is 1. The molecule has 19 heavy (non-hydrogen) atoms. The molecule has 1 unspecified atom stereocenters. The third-order valence-corrected chi connectivity index (χ3v) is 4.31. The minimum atomic E-state index is -0.0865. The molecule has 1 aliphatic carbocycles. The molecule has 1 aliphatic rings. The van der Waals surface area contributed by atoms with Crippen LogP contribution in [0.15, 0.2) is 0 Å². The zero-order valence-electron chi connectivity index (χ0n) is 12.9. The number of carbonyl (C=O) groups is 1. The fourth-order valence-corrected chi connectivity index (χ4v) is 3.29. The second kappa shape index (κ2) is 7.88. The van der Waals surface area contributed by atoms with Crippen molar-refractivity contribution in [1.29, 1.82) is 0 Å². The van der Waals surface area contributed by atoms with Gasteiger partial charge in [-0.15, -0.1) is 0 Å². The minimum absolute atomic E-state index is 0.0865. The summed E-state index contributed by atoms with van der Waals surface area (Å²) in [5.74, 6) is 1.20. The molecule has 3 nitrogen and oxygen atoms in total. The summed E-state index contributed by atoms with van der Waals surface area (Å²) in [6.07, 6.45) is 7.47. The van der Waals surface area contributed by atoms with Gasteiger partial charge in [0.1, 0.15) is 0 Å². The summed E-state index contributed by atoms with van der Waals surface area (Å²) in [6.45, 7) is 7.44. The SMILES string of the molecule is CC(C)CC1(C(=O)NCCCC(C)CO)CCCC1. The third-order valence-electron chi connectivity index (χ3n) is 4.31. The number of hydrogen-bond acceptors (Lipinski definition) is 2. The van der Waals surface area contributed by atoms with Crippen molar-refractivity contribution in [2.24, 2.45) is 17.3 Å². The first kappa shape index (κ1) is 16.5. The van der Waals surface area contributed by atoms with Gasteiger partial charge in [-0.1, -0.05) is 33.6 Å². The maximum atomic E-state index is 12.5. The Labute approximate surface area is 118 Å². The van der Waals surface area contributed by atoms with Crippen molar-refractivity contribution >= 4 is 5.91 Å². The first-order valence-corrected chi connectivity index (χ1v) is 7.89. The van der Waals surface area contributed by atoms with Gasteiger partial charge in [-0.25, -0.2) is 0 Å². The second-order valence-corrected chi connectivity index (χ2v) is 6.77. The van der Waals surface area contributed by atoms with Gasteiger partial charge in [-0.2, -0.15) is 0 Å². The molecule has 112 valence electrons. The van der Waals surface area contributed by atoms with Crippen LogP contribution in [0.25, 0.3) is 0 Å². The van der Waals surface area contributed by atoms with E-state index in [-0.39, 0.29) is 17.9 Å². The monoisotopic (exact) mass is 269 g/mol. The number of carbonyl (C=O) groups excluding carboxylic acids is 1. The van der Waals surface area contributed by atoms with Crippen LogP contribution in [-0.4, -0.2) is 24.2 Å². The first-order valence-electron chi connectivity index (χ1n) is 7.89. The molecule has 3 heteroatoms. The van der Waals surface area contributed by atoms with E-state index >= 15 is 0 Å². The van der Waals surface area contributed by atoms with Crippen LogP contribution in [0.1, 0.15) is 65.7 Å². The van der Waals surface area contributed by atoms with Gasteiger partial charge in [-0.05, 0) is 43.9 Å². The molecule has 0 aromatic heterocycles.